The molecule has 8 rings (SSSR count). The molecule has 0 saturated heterocycles. The standard InChI is InChI=1S/C46H49N15O7/c1-6-60-34(21-26(3)54-60)45(67)53-46-52-33-23-28(40(47)65)24-35(68-20-10-16-56(5)36(62)15-19-57-37(63)13-14-38(57)64)39(33)58(46)17-8-9-18-59-42-31(22-29(25-49-42)41(48)66)30-11-12-32(51-43(30)59)44-50-27(4)55-61(44)7-2/h8-9,11-14,21-25H,6-7,10,15-20H2,1-5H3,(H2,47,65)(H2,48,66)(H,52,53,67)/b9-8+. The van der Waals surface area contributed by atoms with Gasteiger partial charge < -0.3 is 30.2 Å². The van der Waals surface area contributed by atoms with Crippen LogP contribution in [0.3, 0.4) is 0 Å². The number of nitrogens with two attached hydrogens (primary N) is 2. The highest BCUT2D eigenvalue weighted by atomic mass is 16.5. The molecule has 0 atom stereocenters. The van der Waals surface area contributed by atoms with Gasteiger partial charge in [0.25, 0.3) is 17.7 Å². The van der Waals surface area contributed by atoms with Crippen LogP contribution in [0.2, 0.25) is 0 Å². The number of carbonyl (C=O) groups is 6. The number of anilines is 1. The summed E-state index contributed by atoms with van der Waals surface area (Å²) < 4.78 is 13.3. The Morgan fingerprint density at radius 2 is 1.54 bits per heavy atom. The van der Waals surface area contributed by atoms with Gasteiger partial charge in [0.15, 0.2) is 5.82 Å². The maximum Gasteiger partial charge on any atom is 0.276 e. The van der Waals surface area contributed by atoms with Crippen LogP contribution in [-0.4, -0.2) is 121 Å². The summed E-state index contributed by atoms with van der Waals surface area (Å²) in [5.41, 5.74) is 15.3. The number of carbonyl (C=O) groups excluding carboxylic acids is 6. The quantitative estimate of drug-likeness (QED) is 0.0597. The number of aryl methyl sites for hydroxylation is 4. The number of fused-ring (bicyclic) bond motifs is 4. The smallest absolute Gasteiger partial charge is 0.276 e. The third-order valence-electron chi connectivity index (χ3n) is 11.4. The first-order valence-corrected chi connectivity index (χ1v) is 21.9. The van der Waals surface area contributed by atoms with Gasteiger partial charge in [-0.1, -0.05) is 12.2 Å². The minimum absolute atomic E-state index is 0.0331. The lowest BCUT2D eigenvalue weighted by molar-refractivity contribution is -0.138. The average Bonchev–Trinajstić information content (AvgIpc) is 4.13. The monoisotopic (exact) mass is 923 g/mol. The summed E-state index contributed by atoms with van der Waals surface area (Å²) >= 11 is 0. The number of imidazole rings is 1. The maximum absolute atomic E-state index is 13.9. The third kappa shape index (κ3) is 9.15. The molecule has 1 aliphatic rings. The van der Waals surface area contributed by atoms with Gasteiger partial charge in [-0.3, -0.25) is 43.7 Å². The molecule has 22 heteroatoms. The molecule has 6 amide bonds. The van der Waals surface area contributed by atoms with Crippen LogP contribution in [0.25, 0.3) is 44.6 Å². The average molecular weight is 924 g/mol. The third-order valence-corrected chi connectivity index (χ3v) is 11.4. The lowest BCUT2D eigenvalue weighted by atomic mass is 10.1. The molecular formula is C46H49N15O7. The van der Waals surface area contributed by atoms with E-state index in [1.807, 2.05) is 49.6 Å². The predicted molar refractivity (Wildman–Crippen MR) is 249 cm³/mol. The van der Waals surface area contributed by atoms with E-state index >= 15 is 0 Å². The van der Waals surface area contributed by atoms with Gasteiger partial charge in [0.1, 0.15) is 39.8 Å². The molecular weight excluding hydrogens is 875 g/mol. The van der Waals surface area contributed by atoms with E-state index in [1.54, 1.807) is 40.0 Å². The highest BCUT2D eigenvalue weighted by Gasteiger charge is 2.25. The van der Waals surface area contributed by atoms with Gasteiger partial charge in [0, 0.05) is 87.4 Å². The Morgan fingerprint density at radius 1 is 0.824 bits per heavy atom. The number of amides is 6. The Bertz CT molecular complexity index is 3230. The normalized spacial score (nSPS) is 12.7. The van der Waals surface area contributed by atoms with E-state index in [-0.39, 0.29) is 67.9 Å². The van der Waals surface area contributed by atoms with Crippen molar-refractivity contribution >= 4 is 74.5 Å². The maximum atomic E-state index is 13.9. The minimum Gasteiger partial charge on any atom is -0.491 e. The summed E-state index contributed by atoms with van der Waals surface area (Å²) in [7, 11) is 1.62. The Morgan fingerprint density at radius 3 is 2.25 bits per heavy atom. The number of rotatable bonds is 19. The van der Waals surface area contributed by atoms with Crippen molar-refractivity contribution in [2.45, 2.75) is 66.7 Å². The SMILES string of the molecule is CCn1nc(C)cc1C(=O)Nc1nc2cc(C(N)=O)cc(OCCCN(C)C(=O)CCN3C(=O)C=CC3=O)c2n1C/C=C/Cn1c2ncc(C(N)=O)cc2c2ccc(-c3nc(C)nn3CC)nc21. The van der Waals surface area contributed by atoms with Crippen LogP contribution in [0.5, 0.6) is 5.75 Å². The summed E-state index contributed by atoms with van der Waals surface area (Å²) in [6, 6.07) is 10.2. The zero-order chi connectivity index (χ0) is 48.4. The number of hydrogen-bond acceptors (Lipinski definition) is 13. The lowest BCUT2D eigenvalue weighted by Gasteiger charge is -2.19. The molecule has 0 aliphatic carbocycles. The van der Waals surface area contributed by atoms with E-state index in [4.69, 9.17) is 26.2 Å². The zero-order valence-electron chi connectivity index (χ0n) is 38.1. The van der Waals surface area contributed by atoms with Gasteiger partial charge in [-0.15, -0.1) is 0 Å². The number of ether oxygens (including phenoxy) is 1. The molecule has 7 aromatic rings. The molecule has 0 saturated carbocycles. The van der Waals surface area contributed by atoms with E-state index < -0.39 is 29.5 Å². The zero-order valence-corrected chi connectivity index (χ0v) is 38.1. The van der Waals surface area contributed by atoms with Crippen molar-refractivity contribution in [1.82, 2.24) is 58.4 Å². The Kier molecular flexibility index (Phi) is 12.9. The molecule has 1 aromatic carbocycles. The molecule has 7 heterocycles. The highest BCUT2D eigenvalue weighted by Crippen LogP contribution is 2.33. The van der Waals surface area contributed by atoms with Crippen molar-refractivity contribution in [3.8, 4) is 17.3 Å². The molecule has 0 radical (unpaired) electrons. The molecule has 350 valence electrons. The molecule has 6 aromatic heterocycles. The van der Waals surface area contributed by atoms with Crippen molar-refractivity contribution < 1.29 is 33.5 Å². The number of imide groups is 1. The number of pyridine rings is 2. The van der Waals surface area contributed by atoms with Crippen LogP contribution in [0.1, 0.15) is 69.4 Å². The molecule has 22 nitrogen and oxygen atoms in total. The van der Waals surface area contributed by atoms with Crippen molar-refractivity contribution in [1.29, 1.82) is 0 Å². The molecule has 0 bridgehead atoms. The largest absolute Gasteiger partial charge is 0.491 e. The molecule has 68 heavy (non-hydrogen) atoms. The number of primary amides is 2. The number of benzene rings is 1. The second-order valence-electron chi connectivity index (χ2n) is 16.0. The first kappa shape index (κ1) is 46.0. The van der Waals surface area contributed by atoms with Crippen LogP contribution < -0.4 is 21.5 Å². The first-order chi connectivity index (χ1) is 32.6. The molecule has 0 spiro atoms. The predicted octanol–water partition coefficient (Wildman–Crippen LogP) is 3.29. The minimum atomic E-state index is -0.723. The van der Waals surface area contributed by atoms with Gasteiger partial charge in [-0.05, 0) is 70.5 Å². The lowest BCUT2D eigenvalue weighted by Crippen LogP contribution is -2.36. The Balaban J connectivity index is 1.11. The van der Waals surface area contributed by atoms with Crippen molar-refractivity contribution in [2.75, 3.05) is 32.1 Å². The van der Waals surface area contributed by atoms with E-state index in [0.717, 1.165) is 10.3 Å². The van der Waals surface area contributed by atoms with E-state index in [0.29, 0.717) is 76.0 Å². The number of nitrogens with zero attached hydrogens (tertiary/aromatic N) is 12. The van der Waals surface area contributed by atoms with Crippen LogP contribution in [0.4, 0.5) is 5.95 Å². The van der Waals surface area contributed by atoms with Crippen molar-refractivity contribution in [2.24, 2.45) is 11.5 Å². The number of aromatic nitrogens is 10. The van der Waals surface area contributed by atoms with Gasteiger partial charge >= 0.3 is 0 Å². The fourth-order valence-corrected chi connectivity index (χ4v) is 8.04. The van der Waals surface area contributed by atoms with Crippen molar-refractivity contribution in [3.63, 3.8) is 0 Å². The van der Waals surface area contributed by atoms with Crippen LogP contribution in [-0.2, 0) is 40.6 Å². The highest BCUT2D eigenvalue weighted by molar-refractivity contribution is 6.13. The summed E-state index contributed by atoms with van der Waals surface area (Å²) in [5.74, 6) is -1.37. The fraction of sp³-hybridized carbons (Fsp3) is 0.304. The Hall–Kier alpha value is -8.56. The van der Waals surface area contributed by atoms with Gasteiger partial charge in [-0.25, -0.2) is 24.6 Å². The van der Waals surface area contributed by atoms with Crippen LogP contribution in [0.15, 0.2) is 66.9 Å². The molecule has 0 fully saturated rings. The van der Waals surface area contributed by atoms with E-state index in [2.05, 4.69) is 25.5 Å². The molecule has 1 aliphatic heterocycles. The van der Waals surface area contributed by atoms with Crippen LogP contribution >= 0.6 is 0 Å². The summed E-state index contributed by atoms with van der Waals surface area (Å²) in [5, 5.41) is 13.3. The van der Waals surface area contributed by atoms with Gasteiger partial charge in [0.2, 0.25) is 23.7 Å². The number of hydrogen-bond donors (Lipinski definition) is 3. The summed E-state index contributed by atoms with van der Waals surface area (Å²) in [4.78, 5) is 97.1. The van der Waals surface area contributed by atoms with Gasteiger partial charge in [0.05, 0.1) is 23.4 Å². The Labute approximate surface area is 388 Å². The van der Waals surface area contributed by atoms with Crippen molar-refractivity contribution in [3.05, 3.63) is 95.2 Å². The van der Waals surface area contributed by atoms with E-state index in [9.17, 15) is 28.8 Å². The second kappa shape index (κ2) is 19.1. The second-order valence-corrected chi connectivity index (χ2v) is 16.0. The number of allylic oxidation sites excluding steroid dienone is 2. The fourth-order valence-electron chi connectivity index (χ4n) is 8.04. The first-order valence-electron chi connectivity index (χ1n) is 21.9. The summed E-state index contributed by atoms with van der Waals surface area (Å²) in [6.07, 6.45) is 7.88. The topological polar surface area (TPSA) is 279 Å². The van der Waals surface area contributed by atoms with E-state index in [1.165, 1.54) is 35.4 Å². The van der Waals surface area contributed by atoms with Crippen LogP contribution in [0, 0.1) is 13.8 Å². The molecule has 0 unspecified atom stereocenters. The summed E-state index contributed by atoms with van der Waals surface area (Å²) in [6.45, 7) is 9.24. The number of nitrogens with one attached hydrogen (secondary N) is 1. The van der Waals surface area contributed by atoms with Gasteiger partial charge in [-0.2, -0.15) is 10.2 Å². The molecule has 5 N–H and O–H groups in total.